The van der Waals surface area contributed by atoms with Gasteiger partial charge in [0.2, 0.25) is 0 Å². The lowest BCUT2D eigenvalue weighted by Crippen LogP contribution is -2.29. The number of ether oxygens (including phenoxy) is 2. The van der Waals surface area contributed by atoms with E-state index in [4.69, 9.17) is 21.1 Å². The Labute approximate surface area is 215 Å². The second kappa shape index (κ2) is 9.67. The zero-order valence-corrected chi connectivity index (χ0v) is 21.1. The fourth-order valence-corrected chi connectivity index (χ4v) is 5.04. The number of dihydropyridines is 1. The first-order valence-electron chi connectivity index (χ1n) is 11.9. The molecule has 182 valence electrons. The van der Waals surface area contributed by atoms with Gasteiger partial charge in [-0.1, -0.05) is 71.8 Å². The van der Waals surface area contributed by atoms with Crippen LogP contribution >= 0.6 is 11.6 Å². The van der Waals surface area contributed by atoms with Gasteiger partial charge in [-0.05, 0) is 44.0 Å². The van der Waals surface area contributed by atoms with Gasteiger partial charge in [0.25, 0.3) is 0 Å². The SMILES string of the molecule is CCOC(=O)C1=C(C)NC2=C(C(=O)c3ccccc32)[C@H]1c1ccc(OCc2ccc(C)cc2)c(Cl)c1. The Morgan fingerprint density at radius 3 is 2.42 bits per heavy atom. The van der Waals surface area contributed by atoms with Crippen molar-refractivity contribution in [2.45, 2.75) is 33.3 Å². The lowest BCUT2D eigenvalue weighted by atomic mass is 9.80. The number of hydrogen-bond donors (Lipinski definition) is 1. The largest absolute Gasteiger partial charge is 0.487 e. The first-order chi connectivity index (χ1) is 17.4. The molecule has 5 rings (SSSR count). The van der Waals surface area contributed by atoms with Crippen molar-refractivity contribution in [1.82, 2.24) is 5.32 Å². The van der Waals surface area contributed by atoms with Crippen LogP contribution in [0.5, 0.6) is 5.75 Å². The summed E-state index contributed by atoms with van der Waals surface area (Å²) in [4.78, 5) is 26.6. The second-order valence-corrected chi connectivity index (χ2v) is 9.35. The van der Waals surface area contributed by atoms with Gasteiger partial charge in [0.05, 0.1) is 22.9 Å². The molecule has 0 aromatic heterocycles. The monoisotopic (exact) mass is 499 g/mol. The maximum absolute atomic E-state index is 13.6. The zero-order chi connectivity index (χ0) is 25.4. The fraction of sp³-hybridized carbons (Fsp3) is 0.200. The van der Waals surface area contributed by atoms with Crippen LogP contribution in [0.3, 0.4) is 0 Å². The standard InChI is InChI=1S/C30H26ClNO4/c1-4-35-30(34)25-18(3)32-28-21-7-5-6-8-22(21)29(33)27(28)26(25)20-13-14-24(23(31)15-20)36-16-19-11-9-17(2)10-12-19/h5-15,26,32H,4,16H2,1-3H3/t26-/m0/s1. The Hall–Kier alpha value is -3.83. The van der Waals surface area contributed by atoms with Gasteiger partial charge in [-0.15, -0.1) is 0 Å². The predicted octanol–water partition coefficient (Wildman–Crippen LogP) is 6.36. The molecule has 36 heavy (non-hydrogen) atoms. The van der Waals surface area contributed by atoms with E-state index in [1.165, 1.54) is 5.56 Å². The topological polar surface area (TPSA) is 64.6 Å². The van der Waals surface area contributed by atoms with Crippen molar-refractivity contribution in [3.8, 4) is 5.75 Å². The van der Waals surface area contributed by atoms with Crippen molar-refractivity contribution in [2.24, 2.45) is 0 Å². The number of aryl methyl sites for hydroxylation is 1. The highest BCUT2D eigenvalue weighted by atomic mass is 35.5. The summed E-state index contributed by atoms with van der Waals surface area (Å²) in [7, 11) is 0. The van der Waals surface area contributed by atoms with E-state index in [2.05, 4.69) is 5.32 Å². The van der Waals surface area contributed by atoms with Crippen molar-refractivity contribution in [2.75, 3.05) is 6.61 Å². The number of hydrogen-bond acceptors (Lipinski definition) is 5. The minimum Gasteiger partial charge on any atom is -0.487 e. The molecule has 1 N–H and O–H groups in total. The number of carbonyl (C=O) groups is 2. The number of Topliss-reactive ketones (excluding diaryl/α,β-unsaturated/α-hetero) is 1. The Balaban J connectivity index is 1.53. The molecule has 0 saturated carbocycles. The zero-order valence-electron chi connectivity index (χ0n) is 20.4. The van der Waals surface area contributed by atoms with Gasteiger partial charge in [-0.2, -0.15) is 0 Å². The van der Waals surface area contributed by atoms with Gasteiger partial charge < -0.3 is 14.8 Å². The minimum absolute atomic E-state index is 0.108. The maximum atomic E-state index is 13.6. The fourth-order valence-electron chi connectivity index (χ4n) is 4.80. The minimum atomic E-state index is -0.621. The van der Waals surface area contributed by atoms with E-state index in [-0.39, 0.29) is 12.4 Å². The number of ketones is 1. The lowest BCUT2D eigenvalue weighted by molar-refractivity contribution is -0.138. The predicted molar refractivity (Wildman–Crippen MR) is 140 cm³/mol. The molecule has 1 heterocycles. The molecule has 0 radical (unpaired) electrons. The normalized spacial score (nSPS) is 16.4. The van der Waals surface area contributed by atoms with Crippen molar-refractivity contribution < 1.29 is 19.1 Å². The molecule has 0 spiro atoms. The number of halogens is 1. The maximum Gasteiger partial charge on any atom is 0.336 e. The average Bonchev–Trinajstić information content (AvgIpc) is 3.15. The number of rotatable bonds is 6. The first kappa shape index (κ1) is 23.9. The first-order valence-corrected chi connectivity index (χ1v) is 12.3. The molecule has 6 heteroatoms. The van der Waals surface area contributed by atoms with E-state index < -0.39 is 11.9 Å². The van der Waals surface area contributed by atoms with E-state index in [0.29, 0.717) is 39.8 Å². The van der Waals surface area contributed by atoms with Crippen LogP contribution in [0.2, 0.25) is 5.02 Å². The summed E-state index contributed by atoms with van der Waals surface area (Å²) in [5.74, 6) is -0.658. The van der Waals surface area contributed by atoms with Crippen molar-refractivity contribution >= 4 is 29.1 Å². The highest BCUT2D eigenvalue weighted by Crippen LogP contribution is 2.47. The molecule has 2 aliphatic rings. The molecule has 5 nitrogen and oxygen atoms in total. The van der Waals surface area contributed by atoms with Crippen LogP contribution in [0.1, 0.15) is 52.4 Å². The average molecular weight is 500 g/mol. The summed E-state index contributed by atoms with van der Waals surface area (Å²) in [5.41, 5.74) is 6.68. The molecular formula is C30H26ClNO4. The molecule has 0 fully saturated rings. The second-order valence-electron chi connectivity index (χ2n) is 8.94. The number of esters is 1. The quantitative estimate of drug-likeness (QED) is 0.400. The number of carbonyl (C=O) groups excluding carboxylic acids is 2. The summed E-state index contributed by atoms with van der Waals surface area (Å²) >= 11 is 6.66. The third-order valence-electron chi connectivity index (χ3n) is 6.55. The van der Waals surface area contributed by atoms with E-state index in [1.54, 1.807) is 19.1 Å². The van der Waals surface area contributed by atoms with Gasteiger partial charge >= 0.3 is 5.97 Å². The van der Waals surface area contributed by atoms with Crippen LogP contribution < -0.4 is 10.1 Å². The molecule has 0 amide bonds. The number of benzene rings is 3. The van der Waals surface area contributed by atoms with E-state index in [0.717, 1.165) is 22.4 Å². The van der Waals surface area contributed by atoms with Gasteiger partial charge in [-0.25, -0.2) is 4.79 Å². The number of fused-ring (bicyclic) bond motifs is 2. The van der Waals surface area contributed by atoms with Crippen LogP contribution in [0.15, 0.2) is 83.6 Å². The highest BCUT2D eigenvalue weighted by molar-refractivity contribution is 6.32. The molecule has 0 saturated heterocycles. The highest BCUT2D eigenvalue weighted by Gasteiger charge is 2.43. The summed E-state index contributed by atoms with van der Waals surface area (Å²) in [6.45, 7) is 6.24. The summed E-state index contributed by atoms with van der Waals surface area (Å²) in [6.07, 6.45) is 0. The molecular weight excluding hydrogens is 474 g/mol. The Bertz CT molecular complexity index is 1440. The number of allylic oxidation sites excluding steroid dienone is 2. The smallest absolute Gasteiger partial charge is 0.336 e. The van der Waals surface area contributed by atoms with Gasteiger partial charge in [0, 0.05) is 28.3 Å². The summed E-state index contributed by atoms with van der Waals surface area (Å²) < 4.78 is 11.4. The third kappa shape index (κ3) is 4.20. The van der Waals surface area contributed by atoms with E-state index in [9.17, 15) is 9.59 Å². The van der Waals surface area contributed by atoms with Crippen LogP contribution in [-0.2, 0) is 16.1 Å². The lowest BCUT2D eigenvalue weighted by Gasteiger charge is -2.29. The Morgan fingerprint density at radius 2 is 1.72 bits per heavy atom. The van der Waals surface area contributed by atoms with Crippen molar-refractivity contribution in [3.63, 3.8) is 0 Å². The molecule has 1 aliphatic carbocycles. The Morgan fingerprint density at radius 1 is 1.00 bits per heavy atom. The molecule has 3 aromatic rings. The summed E-state index contributed by atoms with van der Waals surface area (Å²) in [6, 6.07) is 21.0. The van der Waals surface area contributed by atoms with Crippen LogP contribution in [0.25, 0.3) is 5.70 Å². The van der Waals surface area contributed by atoms with Crippen molar-refractivity contribution in [3.05, 3.63) is 116 Å². The van der Waals surface area contributed by atoms with Gasteiger partial charge in [-0.3, -0.25) is 4.79 Å². The molecule has 1 atom stereocenters. The van der Waals surface area contributed by atoms with Crippen molar-refractivity contribution in [1.29, 1.82) is 0 Å². The van der Waals surface area contributed by atoms with Crippen LogP contribution in [-0.4, -0.2) is 18.4 Å². The van der Waals surface area contributed by atoms with Crippen LogP contribution in [0, 0.1) is 6.92 Å². The van der Waals surface area contributed by atoms with Crippen LogP contribution in [0.4, 0.5) is 0 Å². The summed E-state index contributed by atoms with van der Waals surface area (Å²) in [5, 5.41) is 3.71. The molecule has 0 unspecified atom stereocenters. The number of nitrogens with one attached hydrogen (secondary N) is 1. The molecule has 3 aromatic carbocycles. The molecule has 0 bridgehead atoms. The van der Waals surface area contributed by atoms with E-state index >= 15 is 0 Å². The Kier molecular flexibility index (Phi) is 6.42. The van der Waals surface area contributed by atoms with Gasteiger partial charge in [0.15, 0.2) is 5.78 Å². The van der Waals surface area contributed by atoms with E-state index in [1.807, 2.05) is 68.4 Å². The molecule has 1 aliphatic heterocycles. The van der Waals surface area contributed by atoms with Gasteiger partial charge in [0.1, 0.15) is 12.4 Å². The third-order valence-corrected chi connectivity index (χ3v) is 6.84.